The van der Waals surface area contributed by atoms with Gasteiger partial charge in [-0.25, -0.2) is 4.68 Å². The van der Waals surface area contributed by atoms with Gasteiger partial charge in [0.25, 0.3) is 5.56 Å². The first-order valence-electron chi connectivity index (χ1n) is 5.95. The normalized spacial score (nSPS) is 12.1. The Balaban J connectivity index is 3.50. The minimum atomic E-state index is -0.229. The third kappa shape index (κ3) is 2.01. The van der Waals surface area contributed by atoms with Crippen LogP contribution in [0, 0.1) is 0 Å². The molecule has 0 bridgehead atoms. The molecule has 92 valence electrons. The molecule has 0 amide bonds. The van der Waals surface area contributed by atoms with Gasteiger partial charge in [-0.15, -0.1) is 0 Å². The van der Waals surface area contributed by atoms with Crippen LogP contribution in [0.1, 0.15) is 46.7 Å². The van der Waals surface area contributed by atoms with E-state index in [0.29, 0.717) is 5.69 Å². The Labute approximate surface area is 97.0 Å². The van der Waals surface area contributed by atoms with Crippen molar-refractivity contribution in [3.63, 3.8) is 0 Å². The molecule has 0 saturated heterocycles. The first kappa shape index (κ1) is 12.9. The fraction of sp³-hybridized carbons (Fsp3) is 0.750. The summed E-state index contributed by atoms with van der Waals surface area (Å²) in [5.41, 5.74) is 7.01. The van der Waals surface area contributed by atoms with Crippen molar-refractivity contribution in [3.05, 3.63) is 16.0 Å². The minimum Gasteiger partial charge on any atom is -0.393 e. The summed E-state index contributed by atoms with van der Waals surface area (Å²) in [6, 6.07) is 0. The van der Waals surface area contributed by atoms with E-state index in [1.807, 2.05) is 32.4 Å². The molecule has 1 aromatic rings. The molecule has 1 rings (SSSR count). The van der Waals surface area contributed by atoms with Gasteiger partial charge in [0.2, 0.25) is 0 Å². The van der Waals surface area contributed by atoms with Gasteiger partial charge in [-0.1, -0.05) is 13.3 Å². The zero-order valence-electron chi connectivity index (χ0n) is 11.0. The molecule has 0 fully saturated rings. The second kappa shape index (κ2) is 4.36. The van der Waals surface area contributed by atoms with Gasteiger partial charge in [-0.3, -0.25) is 9.48 Å². The van der Waals surface area contributed by atoms with E-state index in [9.17, 15) is 4.79 Å². The highest BCUT2D eigenvalue weighted by Gasteiger charge is 2.24. The third-order valence-corrected chi connectivity index (χ3v) is 2.71. The number of rotatable bonds is 3. The molecule has 0 radical (unpaired) electrons. The first-order valence-corrected chi connectivity index (χ1v) is 5.95. The van der Waals surface area contributed by atoms with Gasteiger partial charge in [-0.2, -0.15) is 0 Å². The van der Waals surface area contributed by atoms with Crippen molar-refractivity contribution in [2.75, 3.05) is 5.73 Å². The summed E-state index contributed by atoms with van der Waals surface area (Å²) < 4.78 is 3.79. The van der Waals surface area contributed by atoms with Gasteiger partial charge in [-0.05, 0) is 34.1 Å². The van der Waals surface area contributed by atoms with Crippen molar-refractivity contribution in [2.45, 2.75) is 59.5 Å². The second-order valence-corrected chi connectivity index (χ2v) is 5.11. The van der Waals surface area contributed by atoms with Gasteiger partial charge >= 0.3 is 0 Å². The summed E-state index contributed by atoms with van der Waals surface area (Å²) in [6.45, 7) is 11.0. The highest BCUT2D eigenvalue weighted by Crippen LogP contribution is 2.18. The van der Waals surface area contributed by atoms with Gasteiger partial charge in [0.15, 0.2) is 0 Å². The van der Waals surface area contributed by atoms with Crippen molar-refractivity contribution in [2.24, 2.45) is 0 Å². The Morgan fingerprint density at radius 3 is 2.19 bits per heavy atom. The highest BCUT2D eigenvalue weighted by atomic mass is 16.1. The van der Waals surface area contributed by atoms with Crippen LogP contribution in [0.15, 0.2) is 4.79 Å². The zero-order chi connectivity index (χ0) is 12.5. The van der Waals surface area contributed by atoms with Crippen LogP contribution >= 0.6 is 0 Å². The Morgan fingerprint density at radius 2 is 1.81 bits per heavy atom. The fourth-order valence-corrected chi connectivity index (χ4v) is 2.11. The number of hydrogen-bond donors (Lipinski definition) is 1. The van der Waals surface area contributed by atoms with E-state index in [0.717, 1.165) is 25.1 Å². The average molecular weight is 225 g/mol. The molecule has 1 heterocycles. The molecular weight excluding hydrogens is 202 g/mol. The molecule has 0 spiro atoms. The maximum Gasteiger partial charge on any atom is 0.290 e. The van der Waals surface area contributed by atoms with E-state index in [-0.39, 0.29) is 11.1 Å². The number of nitrogen functional groups attached to an aromatic ring is 1. The van der Waals surface area contributed by atoms with E-state index < -0.39 is 0 Å². The Morgan fingerprint density at radius 1 is 1.25 bits per heavy atom. The summed E-state index contributed by atoms with van der Waals surface area (Å²) in [6.07, 6.45) is 1.86. The number of hydrogen-bond acceptors (Lipinski definition) is 2. The zero-order valence-corrected chi connectivity index (χ0v) is 11.0. The quantitative estimate of drug-likeness (QED) is 0.855. The van der Waals surface area contributed by atoms with Crippen molar-refractivity contribution < 1.29 is 0 Å². The molecule has 4 heteroatoms. The second-order valence-electron chi connectivity index (χ2n) is 5.11. The molecule has 16 heavy (non-hydrogen) atoms. The van der Waals surface area contributed by atoms with Crippen LogP contribution in [0.3, 0.4) is 0 Å². The lowest BCUT2D eigenvalue weighted by Gasteiger charge is -2.24. The standard InChI is InChI=1S/C12H23N3O/c1-6-8-9-10(13)11(16)15(12(3,4)5)14(9)7-2/h6-8,13H2,1-5H3. The van der Waals surface area contributed by atoms with Crippen molar-refractivity contribution in [1.29, 1.82) is 0 Å². The van der Waals surface area contributed by atoms with Gasteiger partial charge < -0.3 is 5.73 Å². The molecule has 4 nitrogen and oxygen atoms in total. The summed E-state index contributed by atoms with van der Waals surface area (Å²) in [7, 11) is 0. The van der Waals surface area contributed by atoms with Gasteiger partial charge in [0, 0.05) is 6.54 Å². The fourth-order valence-electron chi connectivity index (χ4n) is 2.11. The SMILES string of the molecule is CCCc1c(N)c(=O)n(C(C)(C)C)n1CC. The molecule has 0 aliphatic heterocycles. The Kier molecular flexibility index (Phi) is 3.51. The number of aromatic nitrogens is 2. The lowest BCUT2D eigenvalue weighted by atomic mass is 10.1. The van der Waals surface area contributed by atoms with E-state index in [1.165, 1.54) is 0 Å². The lowest BCUT2D eigenvalue weighted by Crippen LogP contribution is -2.37. The maximum atomic E-state index is 12.1. The Bertz CT molecular complexity index is 421. The summed E-state index contributed by atoms with van der Waals surface area (Å²) in [4.78, 5) is 12.1. The van der Waals surface area contributed by atoms with Crippen LogP contribution in [-0.4, -0.2) is 9.36 Å². The van der Waals surface area contributed by atoms with Crippen LogP contribution in [0.5, 0.6) is 0 Å². The maximum absolute atomic E-state index is 12.1. The molecule has 1 aromatic heterocycles. The molecule has 0 aliphatic rings. The van der Waals surface area contributed by atoms with E-state index >= 15 is 0 Å². The molecule has 0 saturated carbocycles. The topological polar surface area (TPSA) is 53.0 Å². The minimum absolute atomic E-state index is 0.0576. The molecule has 0 aliphatic carbocycles. The van der Waals surface area contributed by atoms with Crippen molar-refractivity contribution in [1.82, 2.24) is 9.36 Å². The molecule has 0 atom stereocenters. The van der Waals surface area contributed by atoms with Crippen LogP contribution in [0.25, 0.3) is 0 Å². The van der Waals surface area contributed by atoms with Crippen LogP contribution in [0.2, 0.25) is 0 Å². The van der Waals surface area contributed by atoms with Crippen LogP contribution in [-0.2, 0) is 18.5 Å². The average Bonchev–Trinajstić information content (AvgIpc) is 2.41. The Hall–Kier alpha value is -1.19. The third-order valence-electron chi connectivity index (χ3n) is 2.71. The molecule has 2 N–H and O–H groups in total. The summed E-state index contributed by atoms with van der Waals surface area (Å²) in [5, 5.41) is 0. The van der Waals surface area contributed by atoms with E-state index in [2.05, 4.69) is 6.92 Å². The van der Waals surface area contributed by atoms with Gasteiger partial charge in [0.1, 0.15) is 5.69 Å². The molecular formula is C12H23N3O. The predicted octanol–water partition coefficient (Wildman–Crippen LogP) is 1.96. The molecule has 0 unspecified atom stereocenters. The lowest BCUT2D eigenvalue weighted by molar-refractivity contribution is 0.284. The summed E-state index contributed by atoms with van der Waals surface area (Å²) >= 11 is 0. The van der Waals surface area contributed by atoms with Crippen molar-refractivity contribution >= 4 is 5.69 Å². The molecule has 0 aromatic carbocycles. The van der Waals surface area contributed by atoms with Gasteiger partial charge in [0.05, 0.1) is 11.2 Å². The number of nitrogens with zero attached hydrogens (tertiary/aromatic N) is 2. The smallest absolute Gasteiger partial charge is 0.290 e. The number of nitrogens with two attached hydrogens (primary N) is 1. The first-order chi connectivity index (χ1) is 7.34. The monoisotopic (exact) mass is 225 g/mol. The predicted molar refractivity (Wildman–Crippen MR) is 67.8 cm³/mol. The van der Waals surface area contributed by atoms with Crippen molar-refractivity contribution in [3.8, 4) is 0 Å². The van der Waals surface area contributed by atoms with E-state index in [4.69, 9.17) is 5.73 Å². The largest absolute Gasteiger partial charge is 0.393 e. The highest BCUT2D eigenvalue weighted by molar-refractivity contribution is 5.42. The number of anilines is 1. The van der Waals surface area contributed by atoms with Crippen LogP contribution < -0.4 is 11.3 Å². The van der Waals surface area contributed by atoms with Crippen LogP contribution in [0.4, 0.5) is 5.69 Å². The summed E-state index contributed by atoms with van der Waals surface area (Å²) in [5.74, 6) is 0. The van der Waals surface area contributed by atoms with E-state index in [1.54, 1.807) is 4.68 Å².